The van der Waals surface area contributed by atoms with Crippen molar-refractivity contribution in [3.05, 3.63) is 47.4 Å². The highest BCUT2D eigenvalue weighted by molar-refractivity contribution is 5.90. The number of hydrogen-bond donors (Lipinski definition) is 1. The van der Waals surface area contributed by atoms with Gasteiger partial charge < -0.3 is 24.1 Å². The number of nitrogens with zero attached hydrogens (tertiary/aromatic N) is 1. The van der Waals surface area contributed by atoms with Crippen LogP contribution in [0.3, 0.4) is 0 Å². The topological polar surface area (TPSA) is 81.0 Å². The molecule has 0 aliphatic carbocycles. The van der Waals surface area contributed by atoms with Crippen molar-refractivity contribution in [3.63, 3.8) is 0 Å². The number of benzene rings is 1. The predicted octanol–water partition coefficient (Wildman–Crippen LogP) is 2.12. The molecular weight excluding hydrogens is 336 g/mol. The van der Waals surface area contributed by atoms with Gasteiger partial charge in [0.05, 0.1) is 6.54 Å². The number of likely N-dealkylation sites (tertiary alicyclic amines) is 1. The van der Waals surface area contributed by atoms with E-state index in [2.05, 4.69) is 5.32 Å². The van der Waals surface area contributed by atoms with Gasteiger partial charge in [-0.2, -0.15) is 0 Å². The molecule has 0 saturated carbocycles. The van der Waals surface area contributed by atoms with Crippen molar-refractivity contribution >= 4 is 11.8 Å². The molecule has 26 heavy (non-hydrogen) atoms. The van der Waals surface area contributed by atoms with Crippen LogP contribution < -0.4 is 14.8 Å². The van der Waals surface area contributed by atoms with Crippen LogP contribution in [0.2, 0.25) is 0 Å². The third kappa shape index (κ3) is 3.24. The Morgan fingerprint density at radius 2 is 2.08 bits per heavy atom. The summed E-state index contributed by atoms with van der Waals surface area (Å²) in [7, 11) is 0. The molecule has 1 atom stereocenters. The van der Waals surface area contributed by atoms with Gasteiger partial charge in [-0.15, -0.1) is 0 Å². The molecule has 1 fully saturated rings. The third-order valence-electron chi connectivity index (χ3n) is 4.65. The molecule has 1 unspecified atom stereocenters. The quantitative estimate of drug-likeness (QED) is 0.888. The van der Waals surface area contributed by atoms with Crippen LogP contribution in [-0.2, 0) is 22.7 Å². The number of carbonyl (C=O) groups is 2. The molecule has 4 rings (SSSR count). The highest BCUT2D eigenvalue weighted by Crippen LogP contribution is 2.33. The Kier molecular flexibility index (Phi) is 4.28. The summed E-state index contributed by atoms with van der Waals surface area (Å²) in [5, 5.41) is 2.86. The van der Waals surface area contributed by atoms with Crippen molar-refractivity contribution in [2.45, 2.75) is 38.9 Å². The molecule has 0 spiro atoms. The van der Waals surface area contributed by atoms with Crippen molar-refractivity contribution in [3.8, 4) is 11.5 Å². The van der Waals surface area contributed by atoms with E-state index in [-0.39, 0.29) is 18.6 Å². The minimum Gasteiger partial charge on any atom is -0.465 e. The zero-order valence-corrected chi connectivity index (χ0v) is 14.5. The summed E-state index contributed by atoms with van der Waals surface area (Å²) in [6, 6.07) is 8.79. The van der Waals surface area contributed by atoms with Crippen LogP contribution in [0.4, 0.5) is 0 Å². The lowest BCUT2D eigenvalue weighted by Gasteiger charge is -2.24. The minimum atomic E-state index is -0.469. The second-order valence-electron chi connectivity index (χ2n) is 6.49. The summed E-state index contributed by atoms with van der Waals surface area (Å²) in [5.41, 5.74) is 0.906. The highest BCUT2D eigenvalue weighted by atomic mass is 16.7. The van der Waals surface area contributed by atoms with Gasteiger partial charge in [0.1, 0.15) is 17.6 Å². The molecule has 2 aliphatic heterocycles. The number of furan rings is 1. The van der Waals surface area contributed by atoms with Crippen molar-refractivity contribution in [1.82, 2.24) is 10.2 Å². The lowest BCUT2D eigenvalue weighted by Crippen LogP contribution is -2.44. The summed E-state index contributed by atoms with van der Waals surface area (Å²) in [4.78, 5) is 26.5. The monoisotopic (exact) mass is 356 g/mol. The second-order valence-corrected chi connectivity index (χ2v) is 6.49. The van der Waals surface area contributed by atoms with E-state index in [1.807, 2.05) is 37.3 Å². The van der Waals surface area contributed by atoms with Crippen LogP contribution in [0.5, 0.6) is 11.5 Å². The smallest absolute Gasteiger partial charge is 0.243 e. The number of nitrogens with one attached hydrogen (secondary N) is 1. The number of fused-ring (bicyclic) bond motifs is 1. The van der Waals surface area contributed by atoms with Crippen LogP contribution in [0, 0.1) is 6.92 Å². The average molecular weight is 356 g/mol. The van der Waals surface area contributed by atoms with E-state index in [0.29, 0.717) is 43.2 Å². The predicted molar refractivity (Wildman–Crippen MR) is 91.4 cm³/mol. The van der Waals surface area contributed by atoms with Gasteiger partial charge in [0.25, 0.3) is 0 Å². The first-order chi connectivity index (χ1) is 12.6. The Morgan fingerprint density at radius 1 is 1.23 bits per heavy atom. The molecule has 136 valence electrons. The van der Waals surface area contributed by atoms with Gasteiger partial charge in [-0.1, -0.05) is 6.07 Å². The Balaban J connectivity index is 1.42. The Morgan fingerprint density at radius 3 is 2.88 bits per heavy atom. The van der Waals surface area contributed by atoms with Crippen LogP contribution >= 0.6 is 0 Å². The summed E-state index contributed by atoms with van der Waals surface area (Å²) in [6.07, 6.45) is 0.898. The van der Waals surface area contributed by atoms with Gasteiger partial charge in [0, 0.05) is 13.0 Å². The van der Waals surface area contributed by atoms with Gasteiger partial charge in [-0.3, -0.25) is 9.59 Å². The third-order valence-corrected chi connectivity index (χ3v) is 4.65. The lowest BCUT2D eigenvalue weighted by atomic mass is 10.1. The Labute approximate surface area is 150 Å². The number of aryl methyl sites for hydroxylation is 1. The molecule has 1 aromatic carbocycles. The zero-order valence-electron chi connectivity index (χ0n) is 14.5. The molecule has 1 N–H and O–H groups in total. The van der Waals surface area contributed by atoms with Gasteiger partial charge in [0.2, 0.25) is 18.6 Å². The lowest BCUT2D eigenvalue weighted by molar-refractivity contribution is -0.135. The molecule has 1 saturated heterocycles. The largest absolute Gasteiger partial charge is 0.465 e. The first-order valence-corrected chi connectivity index (χ1v) is 8.61. The van der Waals surface area contributed by atoms with Gasteiger partial charge in [0.15, 0.2) is 11.5 Å². The first-order valence-electron chi connectivity index (χ1n) is 8.61. The van der Waals surface area contributed by atoms with Gasteiger partial charge >= 0.3 is 0 Å². The Bertz CT molecular complexity index is 844. The summed E-state index contributed by atoms with van der Waals surface area (Å²) in [6.45, 7) is 2.75. The minimum absolute atomic E-state index is 0.0170. The number of carbonyl (C=O) groups excluding carboxylic acids is 2. The fourth-order valence-electron chi connectivity index (χ4n) is 3.31. The molecule has 2 aromatic rings. The highest BCUT2D eigenvalue weighted by Gasteiger charge is 2.36. The van der Waals surface area contributed by atoms with E-state index in [0.717, 1.165) is 11.3 Å². The molecule has 7 nitrogen and oxygen atoms in total. The van der Waals surface area contributed by atoms with Crippen LogP contribution in [-0.4, -0.2) is 29.5 Å². The van der Waals surface area contributed by atoms with Crippen LogP contribution in [0.1, 0.15) is 29.9 Å². The zero-order chi connectivity index (χ0) is 18.1. The average Bonchev–Trinajstić information content (AvgIpc) is 3.34. The maximum Gasteiger partial charge on any atom is 0.243 e. The van der Waals surface area contributed by atoms with E-state index in [1.54, 1.807) is 4.90 Å². The molecule has 1 aromatic heterocycles. The van der Waals surface area contributed by atoms with Crippen molar-refractivity contribution in [2.75, 3.05) is 6.79 Å². The Hall–Kier alpha value is -2.96. The standard InChI is InChI=1S/C19H20N2O5/c1-12-2-4-14(26-12)9-20-19(23)15-5-7-18(22)21(15)10-13-3-6-16-17(8-13)25-11-24-16/h2-4,6,8,15H,5,7,9-11H2,1H3,(H,20,23). The molecule has 2 aliphatic rings. The molecule has 7 heteroatoms. The first kappa shape index (κ1) is 16.5. The van der Waals surface area contributed by atoms with E-state index < -0.39 is 6.04 Å². The van der Waals surface area contributed by atoms with E-state index in [9.17, 15) is 9.59 Å². The van der Waals surface area contributed by atoms with Crippen molar-refractivity contribution < 1.29 is 23.5 Å². The number of amides is 2. The SMILES string of the molecule is Cc1ccc(CNC(=O)C2CCC(=O)N2Cc2ccc3c(c2)OCO3)o1. The normalized spacial score (nSPS) is 18.4. The molecule has 0 radical (unpaired) electrons. The molecular formula is C19H20N2O5. The number of hydrogen-bond acceptors (Lipinski definition) is 5. The number of ether oxygens (including phenoxy) is 2. The molecule has 0 bridgehead atoms. The van der Waals surface area contributed by atoms with Crippen molar-refractivity contribution in [1.29, 1.82) is 0 Å². The van der Waals surface area contributed by atoms with Crippen LogP contribution in [0.15, 0.2) is 34.7 Å². The fourth-order valence-corrected chi connectivity index (χ4v) is 3.31. The molecule has 3 heterocycles. The maximum atomic E-state index is 12.6. The second kappa shape index (κ2) is 6.74. The summed E-state index contributed by atoms with van der Waals surface area (Å²) in [5.74, 6) is 2.69. The van der Waals surface area contributed by atoms with E-state index in [1.165, 1.54) is 0 Å². The van der Waals surface area contributed by atoms with E-state index in [4.69, 9.17) is 13.9 Å². The van der Waals surface area contributed by atoms with Gasteiger partial charge in [-0.05, 0) is 43.2 Å². The van der Waals surface area contributed by atoms with Crippen molar-refractivity contribution in [2.24, 2.45) is 0 Å². The summed E-state index contributed by atoms with van der Waals surface area (Å²) >= 11 is 0. The van der Waals surface area contributed by atoms with Crippen LogP contribution in [0.25, 0.3) is 0 Å². The molecule has 2 amide bonds. The maximum absolute atomic E-state index is 12.6. The van der Waals surface area contributed by atoms with E-state index >= 15 is 0 Å². The summed E-state index contributed by atoms with van der Waals surface area (Å²) < 4.78 is 16.1. The number of rotatable bonds is 5. The fraction of sp³-hybridized carbons (Fsp3) is 0.368. The van der Waals surface area contributed by atoms with Gasteiger partial charge in [-0.25, -0.2) is 0 Å².